The van der Waals surface area contributed by atoms with E-state index in [0.29, 0.717) is 24.0 Å². The molecule has 0 spiro atoms. The maximum Gasteiger partial charge on any atom is 0.269 e. The summed E-state index contributed by atoms with van der Waals surface area (Å²) in [5, 5.41) is 22.3. The standard InChI is InChI=1S/C27H30N4O7/c1-3-26-15-28(23(32)13-19-7-5-9-21(11-19)30(35)36)17-27(4-2,25(26)34)18-29(16-26)24(33)14-20-8-6-10-22(12-20)31(37)38/h5-12H,3-4,13-18H2,1-2H3. The van der Waals surface area contributed by atoms with E-state index in [1.807, 2.05) is 13.8 Å². The molecule has 0 N–H and O–H groups in total. The molecule has 0 aliphatic carbocycles. The number of Topliss-reactive ketones (excluding diaryl/α,β-unsaturated/α-hetero) is 1. The van der Waals surface area contributed by atoms with Gasteiger partial charge < -0.3 is 9.80 Å². The minimum atomic E-state index is -0.927. The number of piperidine rings is 2. The number of likely N-dealkylation sites (tertiary alicyclic amines) is 2. The number of benzene rings is 2. The molecule has 200 valence electrons. The zero-order chi connectivity index (χ0) is 27.7. The first-order valence-electron chi connectivity index (χ1n) is 12.6. The minimum absolute atomic E-state index is 0.0229. The van der Waals surface area contributed by atoms with E-state index in [4.69, 9.17) is 0 Å². The average Bonchev–Trinajstić information content (AvgIpc) is 2.89. The first kappa shape index (κ1) is 26.9. The Morgan fingerprint density at radius 3 is 1.45 bits per heavy atom. The lowest BCUT2D eigenvalue weighted by molar-refractivity contribution is -0.385. The molecule has 2 aromatic rings. The topological polar surface area (TPSA) is 144 Å². The van der Waals surface area contributed by atoms with Crippen LogP contribution in [-0.2, 0) is 27.2 Å². The van der Waals surface area contributed by atoms with Gasteiger partial charge in [-0.3, -0.25) is 34.6 Å². The van der Waals surface area contributed by atoms with Gasteiger partial charge in [0.2, 0.25) is 11.8 Å². The Hall–Kier alpha value is -4.15. The smallest absolute Gasteiger partial charge is 0.269 e. The summed E-state index contributed by atoms with van der Waals surface area (Å²) in [6.07, 6.45) is 0.833. The summed E-state index contributed by atoms with van der Waals surface area (Å²) >= 11 is 0. The summed E-state index contributed by atoms with van der Waals surface area (Å²) < 4.78 is 0. The van der Waals surface area contributed by atoms with Crippen LogP contribution in [0.1, 0.15) is 37.8 Å². The Balaban J connectivity index is 1.56. The predicted molar refractivity (Wildman–Crippen MR) is 137 cm³/mol. The number of nitro benzene ring substituents is 2. The second-order valence-corrected chi connectivity index (χ2v) is 10.3. The lowest BCUT2D eigenvalue weighted by Crippen LogP contribution is -2.71. The molecule has 11 heteroatoms. The summed E-state index contributed by atoms with van der Waals surface area (Å²) in [4.78, 5) is 65.1. The van der Waals surface area contributed by atoms with Crippen LogP contribution in [0.15, 0.2) is 48.5 Å². The summed E-state index contributed by atoms with van der Waals surface area (Å²) in [5.41, 5.74) is -0.984. The van der Waals surface area contributed by atoms with Crippen LogP contribution in [0.3, 0.4) is 0 Å². The van der Waals surface area contributed by atoms with Crippen molar-refractivity contribution in [2.75, 3.05) is 26.2 Å². The molecule has 0 saturated carbocycles. The summed E-state index contributed by atoms with van der Waals surface area (Å²) in [5.74, 6) is -0.371. The van der Waals surface area contributed by atoms with Crippen LogP contribution in [0.25, 0.3) is 0 Å². The van der Waals surface area contributed by atoms with Gasteiger partial charge in [0.15, 0.2) is 5.78 Å². The number of hydrogen-bond acceptors (Lipinski definition) is 7. The number of fused-ring (bicyclic) bond motifs is 2. The van der Waals surface area contributed by atoms with Crippen LogP contribution >= 0.6 is 0 Å². The van der Waals surface area contributed by atoms with Gasteiger partial charge in [-0.05, 0) is 24.0 Å². The SMILES string of the molecule is CCC12CN(C(=O)Cc3cccc([N+](=O)[O-])c3)CC(CC)(CN(C(=O)Cc3cccc([N+](=O)[O-])c3)C1)C2=O. The fourth-order valence-electron chi connectivity index (χ4n) is 5.78. The van der Waals surface area contributed by atoms with Crippen molar-refractivity contribution >= 4 is 29.0 Å². The van der Waals surface area contributed by atoms with E-state index in [2.05, 4.69) is 0 Å². The number of nitrogens with zero attached hydrogens (tertiary/aromatic N) is 4. The van der Waals surface area contributed by atoms with Gasteiger partial charge in [-0.1, -0.05) is 38.1 Å². The van der Waals surface area contributed by atoms with Crippen molar-refractivity contribution in [3.63, 3.8) is 0 Å². The Bertz CT molecular complexity index is 1200. The molecule has 2 fully saturated rings. The third-order valence-electron chi connectivity index (χ3n) is 7.95. The lowest BCUT2D eigenvalue weighted by atomic mass is 9.60. The molecule has 0 unspecified atom stereocenters. The van der Waals surface area contributed by atoms with Crippen LogP contribution < -0.4 is 0 Å². The molecule has 2 aromatic carbocycles. The molecule has 2 amide bonds. The fourth-order valence-corrected chi connectivity index (χ4v) is 5.78. The van der Waals surface area contributed by atoms with E-state index >= 15 is 0 Å². The number of nitro groups is 2. The molecule has 0 radical (unpaired) electrons. The zero-order valence-electron chi connectivity index (χ0n) is 21.4. The Morgan fingerprint density at radius 2 is 1.13 bits per heavy atom. The number of amides is 2. The highest BCUT2D eigenvalue weighted by atomic mass is 16.6. The van der Waals surface area contributed by atoms with Crippen LogP contribution in [0.2, 0.25) is 0 Å². The third kappa shape index (κ3) is 5.00. The van der Waals surface area contributed by atoms with Crippen LogP contribution in [0.5, 0.6) is 0 Å². The largest absolute Gasteiger partial charge is 0.340 e. The summed E-state index contributed by atoms with van der Waals surface area (Å²) in [6.45, 7) is 4.41. The highest BCUT2D eigenvalue weighted by Gasteiger charge is 2.59. The molecule has 2 saturated heterocycles. The van der Waals surface area contributed by atoms with Crippen molar-refractivity contribution in [3.8, 4) is 0 Å². The van der Waals surface area contributed by atoms with Crippen molar-refractivity contribution in [3.05, 3.63) is 79.9 Å². The van der Waals surface area contributed by atoms with Crippen molar-refractivity contribution in [2.45, 2.75) is 39.5 Å². The molecule has 2 heterocycles. The lowest BCUT2D eigenvalue weighted by Gasteiger charge is -2.57. The second kappa shape index (κ2) is 10.3. The van der Waals surface area contributed by atoms with Gasteiger partial charge in [0.25, 0.3) is 11.4 Å². The molecule has 0 atom stereocenters. The molecule has 2 bridgehead atoms. The van der Waals surface area contributed by atoms with E-state index in [1.54, 1.807) is 34.1 Å². The maximum atomic E-state index is 13.8. The quantitative estimate of drug-likeness (QED) is 0.382. The fraction of sp³-hybridized carbons (Fsp3) is 0.444. The van der Waals surface area contributed by atoms with Crippen LogP contribution in [0.4, 0.5) is 11.4 Å². The van der Waals surface area contributed by atoms with E-state index in [0.717, 1.165) is 0 Å². The molecule has 4 rings (SSSR count). The van der Waals surface area contributed by atoms with Gasteiger partial charge in [-0.15, -0.1) is 0 Å². The average molecular weight is 523 g/mol. The Kier molecular flexibility index (Phi) is 7.30. The Morgan fingerprint density at radius 1 is 0.763 bits per heavy atom. The number of carbonyl (C=O) groups excluding carboxylic acids is 3. The number of carbonyl (C=O) groups is 3. The van der Waals surface area contributed by atoms with Crippen molar-refractivity contribution < 1.29 is 24.2 Å². The van der Waals surface area contributed by atoms with Crippen LogP contribution in [0, 0.1) is 31.1 Å². The third-order valence-corrected chi connectivity index (χ3v) is 7.95. The summed E-state index contributed by atoms with van der Waals surface area (Å²) in [7, 11) is 0. The first-order valence-corrected chi connectivity index (χ1v) is 12.6. The molecule has 0 aromatic heterocycles. The number of non-ortho nitro benzene ring substituents is 2. The second-order valence-electron chi connectivity index (χ2n) is 10.3. The van der Waals surface area contributed by atoms with Gasteiger partial charge in [0.1, 0.15) is 0 Å². The highest BCUT2D eigenvalue weighted by molar-refractivity contribution is 5.96. The van der Waals surface area contributed by atoms with Crippen molar-refractivity contribution in [1.29, 1.82) is 0 Å². The molecule has 38 heavy (non-hydrogen) atoms. The summed E-state index contributed by atoms with van der Waals surface area (Å²) in [6, 6.07) is 11.9. The van der Waals surface area contributed by atoms with Crippen molar-refractivity contribution in [2.24, 2.45) is 10.8 Å². The molecular weight excluding hydrogens is 492 g/mol. The number of hydrogen-bond donors (Lipinski definition) is 0. The van der Waals surface area contributed by atoms with E-state index in [1.165, 1.54) is 24.3 Å². The van der Waals surface area contributed by atoms with Gasteiger partial charge in [-0.25, -0.2) is 0 Å². The van der Waals surface area contributed by atoms with Gasteiger partial charge in [0.05, 0.1) is 33.5 Å². The van der Waals surface area contributed by atoms with E-state index in [9.17, 15) is 34.6 Å². The van der Waals surface area contributed by atoms with Gasteiger partial charge in [-0.2, -0.15) is 0 Å². The normalized spacial score (nSPS) is 22.7. The monoisotopic (exact) mass is 522 g/mol. The predicted octanol–water partition coefficient (Wildman–Crippen LogP) is 3.33. The minimum Gasteiger partial charge on any atom is -0.340 e. The van der Waals surface area contributed by atoms with Gasteiger partial charge in [0, 0.05) is 50.4 Å². The molecule has 11 nitrogen and oxygen atoms in total. The van der Waals surface area contributed by atoms with E-state index < -0.39 is 20.7 Å². The zero-order valence-corrected chi connectivity index (χ0v) is 21.4. The number of rotatable bonds is 8. The highest BCUT2D eigenvalue weighted by Crippen LogP contribution is 2.46. The van der Waals surface area contributed by atoms with E-state index in [-0.39, 0.29) is 68.0 Å². The molecular formula is C27H30N4O7. The molecule has 2 aliphatic rings. The molecule has 2 aliphatic heterocycles. The van der Waals surface area contributed by atoms with Gasteiger partial charge >= 0.3 is 0 Å². The van der Waals surface area contributed by atoms with Crippen LogP contribution in [-0.4, -0.2) is 63.4 Å². The number of ketones is 1. The maximum absolute atomic E-state index is 13.8. The first-order chi connectivity index (χ1) is 18.0. The Labute approximate surface area is 219 Å². The van der Waals surface area contributed by atoms with Crippen molar-refractivity contribution in [1.82, 2.24) is 9.80 Å².